The molecule has 0 aliphatic carbocycles. The fourth-order valence-corrected chi connectivity index (χ4v) is 0.940. The zero-order valence-corrected chi connectivity index (χ0v) is 8.96. The molecule has 0 aliphatic heterocycles. The molecular weight excluding hydrogens is 168 g/mol. The Hall–Kier alpha value is -0.570. The summed E-state index contributed by atoms with van der Waals surface area (Å²) < 4.78 is 5.32. The maximum atomic E-state index is 10.7. The quantitative estimate of drug-likeness (QED) is 0.650. The van der Waals surface area contributed by atoms with Crippen LogP contribution < -0.4 is 0 Å². The second-order valence-corrected chi connectivity index (χ2v) is 4.21. The van der Waals surface area contributed by atoms with Gasteiger partial charge >= 0.3 is 5.97 Å². The van der Waals surface area contributed by atoms with Gasteiger partial charge in [0, 0.05) is 6.61 Å². The minimum Gasteiger partial charge on any atom is -0.481 e. The molecule has 0 aliphatic rings. The van der Waals surface area contributed by atoms with E-state index in [1.54, 1.807) is 13.8 Å². The Morgan fingerprint density at radius 1 is 1.46 bits per heavy atom. The van der Waals surface area contributed by atoms with Crippen molar-refractivity contribution in [2.45, 2.75) is 46.6 Å². The van der Waals surface area contributed by atoms with E-state index in [4.69, 9.17) is 9.84 Å². The maximum absolute atomic E-state index is 10.7. The van der Waals surface area contributed by atoms with Crippen LogP contribution in [0, 0.1) is 5.41 Å². The Kier molecular flexibility index (Phi) is 4.99. The number of carboxylic acids is 1. The Morgan fingerprint density at radius 3 is 2.38 bits per heavy atom. The summed E-state index contributed by atoms with van der Waals surface area (Å²) in [6, 6.07) is 0. The second-order valence-electron chi connectivity index (χ2n) is 4.21. The summed E-state index contributed by atoms with van der Waals surface area (Å²) in [5, 5.41) is 8.81. The molecule has 0 atom stereocenters. The van der Waals surface area contributed by atoms with Gasteiger partial charge in [0.1, 0.15) is 0 Å². The number of carbonyl (C=O) groups is 1. The molecule has 0 unspecified atom stereocenters. The standard InChI is InChI=1S/C10H20O3/c1-8(2)13-7-5-6-10(3,4)9(11)12/h8H,5-7H2,1-4H3,(H,11,12). The van der Waals surface area contributed by atoms with Crippen LogP contribution >= 0.6 is 0 Å². The van der Waals surface area contributed by atoms with E-state index in [0.29, 0.717) is 13.0 Å². The first-order valence-corrected chi connectivity index (χ1v) is 4.71. The number of hydrogen-bond acceptors (Lipinski definition) is 2. The van der Waals surface area contributed by atoms with E-state index in [1.807, 2.05) is 13.8 Å². The Morgan fingerprint density at radius 2 is 2.00 bits per heavy atom. The summed E-state index contributed by atoms with van der Waals surface area (Å²) in [6.45, 7) is 8.08. The molecule has 78 valence electrons. The first kappa shape index (κ1) is 12.4. The van der Waals surface area contributed by atoms with Crippen LogP contribution in [-0.2, 0) is 9.53 Å². The lowest BCUT2D eigenvalue weighted by Gasteiger charge is -2.18. The van der Waals surface area contributed by atoms with Crippen LogP contribution in [0.5, 0.6) is 0 Å². The van der Waals surface area contributed by atoms with E-state index in [9.17, 15) is 4.79 Å². The molecule has 3 nitrogen and oxygen atoms in total. The molecule has 1 N–H and O–H groups in total. The Balaban J connectivity index is 3.58. The predicted molar refractivity (Wildman–Crippen MR) is 51.7 cm³/mol. The average molecular weight is 188 g/mol. The van der Waals surface area contributed by atoms with Crippen molar-refractivity contribution >= 4 is 5.97 Å². The van der Waals surface area contributed by atoms with Crippen molar-refractivity contribution in [3.05, 3.63) is 0 Å². The lowest BCUT2D eigenvalue weighted by atomic mass is 9.88. The third kappa shape index (κ3) is 5.64. The van der Waals surface area contributed by atoms with Gasteiger partial charge in [-0.05, 0) is 40.5 Å². The molecule has 0 rings (SSSR count). The third-order valence-corrected chi connectivity index (χ3v) is 1.98. The molecule has 0 fully saturated rings. The Bertz CT molecular complexity index is 162. The van der Waals surface area contributed by atoms with Crippen LogP contribution in [0.3, 0.4) is 0 Å². The molecule has 0 aromatic heterocycles. The van der Waals surface area contributed by atoms with E-state index in [1.165, 1.54) is 0 Å². The predicted octanol–water partition coefficient (Wildman–Crippen LogP) is 2.30. The first-order valence-electron chi connectivity index (χ1n) is 4.71. The van der Waals surface area contributed by atoms with Crippen LogP contribution in [-0.4, -0.2) is 23.8 Å². The molecule has 0 spiro atoms. The van der Waals surface area contributed by atoms with E-state index >= 15 is 0 Å². The van der Waals surface area contributed by atoms with Crippen LogP contribution in [0.25, 0.3) is 0 Å². The minimum atomic E-state index is -0.739. The Labute approximate surface area is 80.1 Å². The molecule has 0 saturated carbocycles. The molecule has 0 aromatic carbocycles. The highest BCUT2D eigenvalue weighted by atomic mass is 16.5. The topological polar surface area (TPSA) is 46.5 Å². The zero-order chi connectivity index (χ0) is 10.5. The lowest BCUT2D eigenvalue weighted by Crippen LogP contribution is -2.24. The third-order valence-electron chi connectivity index (χ3n) is 1.98. The highest BCUT2D eigenvalue weighted by Gasteiger charge is 2.26. The number of carboxylic acid groups (broad SMARTS) is 1. The normalized spacial score (nSPS) is 12.1. The van der Waals surface area contributed by atoms with Crippen molar-refractivity contribution in [2.24, 2.45) is 5.41 Å². The van der Waals surface area contributed by atoms with Gasteiger partial charge in [0.05, 0.1) is 11.5 Å². The summed E-state index contributed by atoms with van der Waals surface area (Å²) in [6.07, 6.45) is 1.69. The molecule has 0 aromatic rings. The monoisotopic (exact) mass is 188 g/mol. The molecular formula is C10H20O3. The van der Waals surface area contributed by atoms with Gasteiger partial charge in [-0.1, -0.05) is 0 Å². The van der Waals surface area contributed by atoms with Crippen LogP contribution in [0.2, 0.25) is 0 Å². The fraction of sp³-hybridized carbons (Fsp3) is 0.900. The SMILES string of the molecule is CC(C)OCCCC(C)(C)C(=O)O. The molecule has 0 amide bonds. The summed E-state index contributed by atoms with van der Waals surface area (Å²) in [7, 11) is 0. The van der Waals surface area contributed by atoms with Crippen molar-refractivity contribution in [3.63, 3.8) is 0 Å². The number of ether oxygens (including phenoxy) is 1. The number of aliphatic carboxylic acids is 1. The highest BCUT2D eigenvalue weighted by Crippen LogP contribution is 2.22. The van der Waals surface area contributed by atoms with E-state index in [-0.39, 0.29) is 6.10 Å². The van der Waals surface area contributed by atoms with Gasteiger partial charge < -0.3 is 9.84 Å². The van der Waals surface area contributed by atoms with Gasteiger partial charge in [-0.15, -0.1) is 0 Å². The van der Waals surface area contributed by atoms with Gasteiger partial charge in [0.2, 0.25) is 0 Å². The van der Waals surface area contributed by atoms with Gasteiger partial charge in [0.25, 0.3) is 0 Å². The molecule has 0 radical (unpaired) electrons. The molecule has 0 heterocycles. The zero-order valence-electron chi connectivity index (χ0n) is 8.96. The molecule has 13 heavy (non-hydrogen) atoms. The van der Waals surface area contributed by atoms with Crippen LogP contribution in [0.4, 0.5) is 0 Å². The van der Waals surface area contributed by atoms with Crippen molar-refractivity contribution < 1.29 is 14.6 Å². The summed E-state index contributed by atoms with van der Waals surface area (Å²) in [5.41, 5.74) is -0.625. The van der Waals surface area contributed by atoms with E-state index in [0.717, 1.165) is 6.42 Å². The lowest BCUT2D eigenvalue weighted by molar-refractivity contribution is -0.147. The molecule has 0 saturated heterocycles. The van der Waals surface area contributed by atoms with Gasteiger partial charge in [-0.3, -0.25) is 4.79 Å². The first-order chi connectivity index (χ1) is 5.86. The second kappa shape index (κ2) is 5.22. The summed E-state index contributed by atoms with van der Waals surface area (Å²) in [4.78, 5) is 10.7. The summed E-state index contributed by atoms with van der Waals surface area (Å²) >= 11 is 0. The van der Waals surface area contributed by atoms with E-state index in [2.05, 4.69) is 0 Å². The minimum absolute atomic E-state index is 0.230. The van der Waals surface area contributed by atoms with Gasteiger partial charge in [-0.2, -0.15) is 0 Å². The fourth-order valence-electron chi connectivity index (χ4n) is 0.940. The van der Waals surface area contributed by atoms with E-state index < -0.39 is 11.4 Å². The maximum Gasteiger partial charge on any atom is 0.309 e. The smallest absolute Gasteiger partial charge is 0.309 e. The van der Waals surface area contributed by atoms with Crippen molar-refractivity contribution in [1.82, 2.24) is 0 Å². The van der Waals surface area contributed by atoms with Gasteiger partial charge in [0.15, 0.2) is 0 Å². The van der Waals surface area contributed by atoms with Crippen LogP contribution in [0.1, 0.15) is 40.5 Å². The molecule has 0 bridgehead atoms. The number of rotatable bonds is 6. The summed E-state index contributed by atoms with van der Waals surface area (Å²) in [5.74, 6) is -0.739. The number of hydrogen-bond donors (Lipinski definition) is 1. The highest BCUT2D eigenvalue weighted by molar-refractivity contribution is 5.73. The molecule has 3 heteroatoms. The van der Waals surface area contributed by atoms with Crippen LogP contribution in [0.15, 0.2) is 0 Å². The van der Waals surface area contributed by atoms with Gasteiger partial charge in [-0.25, -0.2) is 0 Å². The van der Waals surface area contributed by atoms with Crippen molar-refractivity contribution in [1.29, 1.82) is 0 Å². The largest absolute Gasteiger partial charge is 0.481 e. The van der Waals surface area contributed by atoms with Crippen molar-refractivity contribution in [3.8, 4) is 0 Å². The average Bonchev–Trinajstić information content (AvgIpc) is 1.97. The van der Waals surface area contributed by atoms with Crippen molar-refractivity contribution in [2.75, 3.05) is 6.61 Å².